The molecule has 38 heavy (non-hydrogen) atoms. The topological polar surface area (TPSA) is 58.6 Å². The molecule has 2 amide bonds. The van der Waals surface area contributed by atoms with Gasteiger partial charge in [-0.2, -0.15) is 0 Å². The number of amides is 2. The molecule has 0 unspecified atom stereocenters. The maximum absolute atomic E-state index is 13.6. The molecular formula is C33H40N2O3. The van der Waals surface area contributed by atoms with E-state index < -0.39 is 0 Å². The van der Waals surface area contributed by atoms with Gasteiger partial charge in [0, 0.05) is 25.2 Å². The van der Waals surface area contributed by atoms with Gasteiger partial charge in [0.25, 0.3) is 0 Å². The lowest BCUT2D eigenvalue weighted by Crippen LogP contribution is -2.31. The van der Waals surface area contributed by atoms with Crippen LogP contribution >= 0.6 is 0 Å². The quantitative estimate of drug-likeness (QED) is 0.272. The van der Waals surface area contributed by atoms with Crippen LogP contribution in [-0.2, 0) is 29.0 Å². The van der Waals surface area contributed by atoms with Crippen LogP contribution in [0, 0.1) is 11.8 Å². The number of benzene rings is 3. The van der Waals surface area contributed by atoms with Crippen molar-refractivity contribution in [2.75, 3.05) is 18.6 Å². The van der Waals surface area contributed by atoms with Crippen LogP contribution in [0.25, 0.3) is 0 Å². The van der Waals surface area contributed by atoms with Crippen LogP contribution in [0.2, 0.25) is 0 Å². The summed E-state index contributed by atoms with van der Waals surface area (Å²) in [6, 6.07) is 26.3. The standard InChI is InChI=1S/C33H40N2O3/c1-3-4-5-7-10-25-13-17-29(18-14-25)35-24-28(21-26-11-8-6-9-12-26)31(33(35)37)22-32(36)34-23-27-15-19-30(38-2)20-16-27/h6,8-9,11-20,28,31H,3-5,7,10,21-24H2,1-2H3,(H,34,36)/t28-,31+/m0/s1. The first-order valence-electron chi connectivity index (χ1n) is 13.9. The minimum Gasteiger partial charge on any atom is -0.497 e. The molecule has 0 aliphatic carbocycles. The van der Waals surface area contributed by atoms with Crippen molar-refractivity contribution in [3.63, 3.8) is 0 Å². The van der Waals surface area contributed by atoms with E-state index in [0.717, 1.165) is 29.8 Å². The van der Waals surface area contributed by atoms with Gasteiger partial charge in [0.2, 0.25) is 11.8 Å². The number of rotatable bonds is 13. The molecule has 200 valence electrons. The molecule has 1 aliphatic rings. The summed E-state index contributed by atoms with van der Waals surface area (Å²) >= 11 is 0. The number of carbonyl (C=O) groups excluding carboxylic acids is 2. The van der Waals surface area contributed by atoms with Gasteiger partial charge in [-0.25, -0.2) is 0 Å². The summed E-state index contributed by atoms with van der Waals surface area (Å²) in [5.41, 5.74) is 4.42. The molecule has 1 aliphatic heterocycles. The van der Waals surface area contributed by atoms with E-state index in [9.17, 15) is 9.59 Å². The third-order valence-corrected chi connectivity index (χ3v) is 7.53. The molecule has 3 aromatic carbocycles. The van der Waals surface area contributed by atoms with Crippen LogP contribution < -0.4 is 15.0 Å². The fraction of sp³-hybridized carbons (Fsp3) is 0.394. The average molecular weight is 513 g/mol. The number of unbranched alkanes of at least 4 members (excludes halogenated alkanes) is 3. The summed E-state index contributed by atoms with van der Waals surface area (Å²) in [7, 11) is 1.63. The Morgan fingerprint density at radius 2 is 1.61 bits per heavy atom. The Balaban J connectivity index is 1.42. The highest BCUT2D eigenvalue weighted by Gasteiger charge is 2.41. The van der Waals surface area contributed by atoms with Crippen LogP contribution in [0.15, 0.2) is 78.9 Å². The first-order chi connectivity index (χ1) is 18.6. The number of anilines is 1. The number of carbonyl (C=O) groups is 2. The summed E-state index contributed by atoms with van der Waals surface area (Å²) in [5.74, 6) is 0.456. The molecule has 4 rings (SSSR count). The molecule has 1 fully saturated rings. The van der Waals surface area contributed by atoms with E-state index in [2.05, 4.69) is 48.6 Å². The maximum Gasteiger partial charge on any atom is 0.230 e. The van der Waals surface area contributed by atoms with Gasteiger partial charge in [0.1, 0.15) is 5.75 Å². The lowest BCUT2D eigenvalue weighted by Gasteiger charge is -2.17. The smallest absolute Gasteiger partial charge is 0.230 e. The van der Waals surface area contributed by atoms with Gasteiger partial charge < -0.3 is 15.0 Å². The Hall–Kier alpha value is -3.60. The number of ether oxygens (including phenoxy) is 1. The normalized spacial score (nSPS) is 17.0. The second-order valence-electron chi connectivity index (χ2n) is 10.3. The Labute approximate surface area is 227 Å². The van der Waals surface area contributed by atoms with Crippen LogP contribution in [0.1, 0.15) is 55.7 Å². The van der Waals surface area contributed by atoms with E-state index >= 15 is 0 Å². The van der Waals surface area contributed by atoms with Crippen molar-refractivity contribution in [1.82, 2.24) is 5.32 Å². The fourth-order valence-electron chi connectivity index (χ4n) is 5.28. The van der Waals surface area contributed by atoms with E-state index in [0.29, 0.717) is 13.1 Å². The zero-order valence-corrected chi connectivity index (χ0v) is 22.7. The molecule has 0 spiro atoms. The Morgan fingerprint density at radius 1 is 0.895 bits per heavy atom. The summed E-state index contributed by atoms with van der Waals surface area (Å²) in [4.78, 5) is 28.5. The highest BCUT2D eigenvalue weighted by Crippen LogP contribution is 2.34. The minimum atomic E-state index is -0.347. The molecule has 1 saturated heterocycles. The van der Waals surface area contributed by atoms with Crippen LogP contribution in [-0.4, -0.2) is 25.5 Å². The number of aryl methyl sites for hydroxylation is 1. The number of nitrogens with one attached hydrogen (secondary N) is 1. The zero-order chi connectivity index (χ0) is 26.7. The molecule has 0 saturated carbocycles. The van der Waals surface area contributed by atoms with Crippen molar-refractivity contribution >= 4 is 17.5 Å². The predicted molar refractivity (Wildman–Crippen MR) is 153 cm³/mol. The summed E-state index contributed by atoms with van der Waals surface area (Å²) in [6.07, 6.45) is 7.00. The van der Waals surface area contributed by atoms with Crippen molar-refractivity contribution in [2.45, 2.75) is 58.4 Å². The number of hydrogen-bond donors (Lipinski definition) is 1. The Bertz CT molecular complexity index is 1160. The van der Waals surface area contributed by atoms with Gasteiger partial charge in [-0.1, -0.05) is 80.8 Å². The Morgan fingerprint density at radius 3 is 2.29 bits per heavy atom. The van der Waals surface area contributed by atoms with Gasteiger partial charge in [0.15, 0.2) is 0 Å². The van der Waals surface area contributed by atoms with Crippen molar-refractivity contribution in [2.24, 2.45) is 11.8 Å². The highest BCUT2D eigenvalue weighted by molar-refractivity contribution is 5.99. The lowest BCUT2D eigenvalue weighted by atomic mass is 9.87. The van der Waals surface area contributed by atoms with Crippen LogP contribution in [0.4, 0.5) is 5.69 Å². The largest absolute Gasteiger partial charge is 0.497 e. The molecule has 1 N–H and O–H groups in total. The molecule has 5 nitrogen and oxygen atoms in total. The molecule has 0 bridgehead atoms. The Kier molecular flexibility index (Phi) is 9.97. The number of nitrogens with zero attached hydrogens (tertiary/aromatic N) is 1. The van der Waals surface area contributed by atoms with Gasteiger partial charge in [0.05, 0.1) is 13.0 Å². The van der Waals surface area contributed by atoms with E-state index in [-0.39, 0.29) is 30.1 Å². The summed E-state index contributed by atoms with van der Waals surface area (Å²) in [5, 5.41) is 3.01. The minimum absolute atomic E-state index is 0.0428. The lowest BCUT2D eigenvalue weighted by molar-refractivity contribution is -0.128. The molecule has 3 aromatic rings. The first kappa shape index (κ1) is 27.4. The third kappa shape index (κ3) is 7.47. The predicted octanol–water partition coefficient (Wildman–Crippen LogP) is 6.35. The van der Waals surface area contributed by atoms with E-state index in [1.807, 2.05) is 47.4 Å². The zero-order valence-electron chi connectivity index (χ0n) is 22.7. The van der Waals surface area contributed by atoms with E-state index in [1.54, 1.807) is 7.11 Å². The molecule has 5 heteroatoms. The van der Waals surface area contributed by atoms with Gasteiger partial charge in [-0.15, -0.1) is 0 Å². The number of methoxy groups -OCH3 is 1. The van der Waals surface area contributed by atoms with Crippen LogP contribution in [0.5, 0.6) is 5.75 Å². The van der Waals surface area contributed by atoms with Gasteiger partial charge in [-0.05, 0) is 66.1 Å². The summed E-state index contributed by atoms with van der Waals surface area (Å²) < 4.78 is 5.21. The van der Waals surface area contributed by atoms with Gasteiger partial charge in [-0.3, -0.25) is 9.59 Å². The maximum atomic E-state index is 13.6. The van der Waals surface area contributed by atoms with Crippen molar-refractivity contribution in [3.05, 3.63) is 95.6 Å². The average Bonchev–Trinajstić information content (AvgIpc) is 3.25. The van der Waals surface area contributed by atoms with Gasteiger partial charge >= 0.3 is 0 Å². The second kappa shape index (κ2) is 13.8. The molecule has 0 aromatic heterocycles. The van der Waals surface area contributed by atoms with Crippen LogP contribution in [0.3, 0.4) is 0 Å². The second-order valence-corrected chi connectivity index (χ2v) is 10.3. The molecular weight excluding hydrogens is 472 g/mol. The third-order valence-electron chi connectivity index (χ3n) is 7.53. The van der Waals surface area contributed by atoms with E-state index in [4.69, 9.17) is 4.74 Å². The molecule has 0 radical (unpaired) electrons. The summed E-state index contributed by atoms with van der Waals surface area (Å²) in [6.45, 7) is 3.28. The highest BCUT2D eigenvalue weighted by atomic mass is 16.5. The van der Waals surface area contributed by atoms with Crippen molar-refractivity contribution < 1.29 is 14.3 Å². The number of hydrogen-bond acceptors (Lipinski definition) is 3. The molecule has 1 heterocycles. The fourth-order valence-corrected chi connectivity index (χ4v) is 5.28. The van der Waals surface area contributed by atoms with Crippen molar-refractivity contribution in [3.8, 4) is 5.75 Å². The first-order valence-corrected chi connectivity index (χ1v) is 13.9. The van der Waals surface area contributed by atoms with E-state index in [1.165, 1.54) is 36.8 Å². The molecule has 2 atom stereocenters. The monoisotopic (exact) mass is 512 g/mol. The van der Waals surface area contributed by atoms with Crippen molar-refractivity contribution in [1.29, 1.82) is 0 Å². The SMILES string of the molecule is CCCCCCc1ccc(N2C[C@H](Cc3ccccc3)[C@@H](CC(=O)NCc3ccc(OC)cc3)C2=O)cc1.